The minimum Gasteiger partial charge on any atom is -0.327 e. The standard InChI is InChI=1S/C13H17F2N/c14-11-6-3-5-10(13(11)15)8-9-4-1-2-7-12(9)16/h3,5-6,9,12H,1-2,4,7-8,16H2. The fourth-order valence-corrected chi connectivity index (χ4v) is 2.48. The Balaban J connectivity index is 2.10. The van der Waals surface area contributed by atoms with Gasteiger partial charge >= 0.3 is 0 Å². The molecule has 0 spiro atoms. The van der Waals surface area contributed by atoms with Crippen molar-refractivity contribution in [2.45, 2.75) is 38.1 Å². The maximum absolute atomic E-state index is 13.5. The average molecular weight is 225 g/mol. The van der Waals surface area contributed by atoms with Crippen molar-refractivity contribution in [3.8, 4) is 0 Å². The minimum atomic E-state index is -0.762. The van der Waals surface area contributed by atoms with Gasteiger partial charge in [-0.3, -0.25) is 0 Å². The Morgan fingerprint density at radius 3 is 2.69 bits per heavy atom. The second-order valence-corrected chi connectivity index (χ2v) is 4.63. The van der Waals surface area contributed by atoms with Gasteiger partial charge in [-0.2, -0.15) is 0 Å². The van der Waals surface area contributed by atoms with Crippen LogP contribution in [0.3, 0.4) is 0 Å². The van der Waals surface area contributed by atoms with E-state index in [2.05, 4.69) is 0 Å². The van der Waals surface area contributed by atoms with Crippen LogP contribution < -0.4 is 5.73 Å². The molecule has 1 aliphatic carbocycles. The van der Waals surface area contributed by atoms with Crippen LogP contribution in [0, 0.1) is 17.6 Å². The molecule has 0 aliphatic heterocycles. The van der Waals surface area contributed by atoms with Gasteiger partial charge in [0.1, 0.15) is 0 Å². The van der Waals surface area contributed by atoms with E-state index in [1.807, 2.05) is 0 Å². The molecule has 88 valence electrons. The third kappa shape index (κ3) is 2.40. The molecule has 1 aliphatic rings. The van der Waals surface area contributed by atoms with Crippen LogP contribution in [0.5, 0.6) is 0 Å². The van der Waals surface area contributed by atoms with Crippen LogP contribution in [-0.4, -0.2) is 6.04 Å². The molecule has 1 saturated carbocycles. The summed E-state index contributed by atoms with van der Waals surface area (Å²) in [7, 11) is 0. The van der Waals surface area contributed by atoms with Gasteiger partial charge in [-0.05, 0) is 36.8 Å². The van der Waals surface area contributed by atoms with Gasteiger partial charge in [-0.15, -0.1) is 0 Å². The van der Waals surface area contributed by atoms with Crippen molar-refractivity contribution in [1.82, 2.24) is 0 Å². The van der Waals surface area contributed by atoms with Crippen LogP contribution in [0.2, 0.25) is 0 Å². The molecule has 3 heteroatoms. The molecule has 0 amide bonds. The Labute approximate surface area is 94.7 Å². The second kappa shape index (κ2) is 4.91. The number of halogens is 2. The Bertz CT molecular complexity index is 365. The summed E-state index contributed by atoms with van der Waals surface area (Å²) >= 11 is 0. The maximum atomic E-state index is 13.5. The molecule has 0 heterocycles. The van der Waals surface area contributed by atoms with Gasteiger partial charge in [0, 0.05) is 6.04 Å². The van der Waals surface area contributed by atoms with E-state index in [-0.39, 0.29) is 6.04 Å². The van der Waals surface area contributed by atoms with Gasteiger partial charge in [0.05, 0.1) is 0 Å². The van der Waals surface area contributed by atoms with E-state index in [0.29, 0.717) is 17.9 Å². The molecule has 2 unspecified atom stereocenters. The lowest BCUT2D eigenvalue weighted by Gasteiger charge is -2.28. The number of benzene rings is 1. The summed E-state index contributed by atoms with van der Waals surface area (Å²) in [6.45, 7) is 0. The van der Waals surface area contributed by atoms with Crippen molar-refractivity contribution >= 4 is 0 Å². The summed E-state index contributed by atoms with van der Waals surface area (Å²) in [5.41, 5.74) is 6.46. The van der Waals surface area contributed by atoms with Crippen LogP contribution in [0.25, 0.3) is 0 Å². The first-order chi connectivity index (χ1) is 7.68. The molecule has 1 nitrogen and oxygen atoms in total. The summed E-state index contributed by atoms with van der Waals surface area (Å²) in [5.74, 6) is -1.17. The SMILES string of the molecule is NC1CCCCC1Cc1cccc(F)c1F. The van der Waals surface area contributed by atoms with Crippen LogP contribution >= 0.6 is 0 Å². The topological polar surface area (TPSA) is 26.0 Å². The van der Waals surface area contributed by atoms with Crippen molar-refractivity contribution < 1.29 is 8.78 Å². The summed E-state index contributed by atoms with van der Waals surface area (Å²) in [4.78, 5) is 0. The maximum Gasteiger partial charge on any atom is 0.162 e. The summed E-state index contributed by atoms with van der Waals surface area (Å²) in [6, 6.07) is 4.50. The number of rotatable bonds is 2. The molecular formula is C13H17F2N. The third-order valence-electron chi connectivity index (χ3n) is 3.48. The van der Waals surface area contributed by atoms with Gasteiger partial charge in [0.2, 0.25) is 0 Å². The first kappa shape index (κ1) is 11.5. The number of hydrogen-bond donors (Lipinski definition) is 1. The fraction of sp³-hybridized carbons (Fsp3) is 0.538. The summed E-state index contributed by atoms with van der Waals surface area (Å²) in [6.07, 6.45) is 4.89. The Kier molecular flexibility index (Phi) is 3.54. The Hall–Kier alpha value is -0.960. The predicted molar refractivity (Wildman–Crippen MR) is 60.0 cm³/mol. The van der Waals surface area contributed by atoms with Crippen molar-refractivity contribution in [2.24, 2.45) is 11.7 Å². The van der Waals surface area contributed by atoms with Crippen LogP contribution in [0.15, 0.2) is 18.2 Å². The van der Waals surface area contributed by atoms with Gasteiger partial charge in [0.25, 0.3) is 0 Å². The van der Waals surface area contributed by atoms with Crippen LogP contribution in [-0.2, 0) is 6.42 Å². The molecule has 1 fully saturated rings. The summed E-state index contributed by atoms with van der Waals surface area (Å²) < 4.78 is 26.5. The second-order valence-electron chi connectivity index (χ2n) is 4.63. The van der Waals surface area contributed by atoms with Crippen molar-refractivity contribution in [1.29, 1.82) is 0 Å². The molecule has 16 heavy (non-hydrogen) atoms. The Morgan fingerprint density at radius 2 is 1.94 bits per heavy atom. The highest BCUT2D eigenvalue weighted by Gasteiger charge is 2.23. The molecule has 0 saturated heterocycles. The smallest absolute Gasteiger partial charge is 0.162 e. The van der Waals surface area contributed by atoms with Gasteiger partial charge in [-0.1, -0.05) is 25.0 Å². The highest BCUT2D eigenvalue weighted by Crippen LogP contribution is 2.27. The minimum absolute atomic E-state index is 0.136. The van der Waals surface area contributed by atoms with Crippen molar-refractivity contribution in [3.05, 3.63) is 35.4 Å². The van der Waals surface area contributed by atoms with E-state index in [9.17, 15) is 8.78 Å². The lowest BCUT2D eigenvalue weighted by Crippen LogP contribution is -2.34. The zero-order valence-corrected chi connectivity index (χ0v) is 9.26. The molecule has 2 atom stereocenters. The van der Waals surface area contributed by atoms with E-state index >= 15 is 0 Å². The first-order valence-electron chi connectivity index (χ1n) is 5.87. The lowest BCUT2D eigenvalue weighted by molar-refractivity contribution is 0.303. The zero-order chi connectivity index (χ0) is 11.5. The monoisotopic (exact) mass is 225 g/mol. The van der Waals surface area contributed by atoms with E-state index in [1.54, 1.807) is 12.1 Å². The van der Waals surface area contributed by atoms with Crippen LogP contribution in [0.4, 0.5) is 8.78 Å². The third-order valence-corrected chi connectivity index (χ3v) is 3.48. The molecule has 2 rings (SSSR count). The average Bonchev–Trinajstić information content (AvgIpc) is 2.28. The first-order valence-corrected chi connectivity index (χ1v) is 5.87. The normalized spacial score (nSPS) is 25.7. The Morgan fingerprint density at radius 1 is 1.19 bits per heavy atom. The molecule has 1 aromatic rings. The predicted octanol–water partition coefficient (Wildman–Crippen LogP) is 3.02. The fourth-order valence-electron chi connectivity index (χ4n) is 2.48. The quantitative estimate of drug-likeness (QED) is 0.822. The van der Waals surface area contributed by atoms with Gasteiger partial charge in [-0.25, -0.2) is 8.78 Å². The zero-order valence-electron chi connectivity index (χ0n) is 9.26. The van der Waals surface area contributed by atoms with Gasteiger partial charge < -0.3 is 5.73 Å². The molecule has 1 aromatic carbocycles. The molecule has 0 bridgehead atoms. The largest absolute Gasteiger partial charge is 0.327 e. The van der Waals surface area contributed by atoms with Crippen LogP contribution in [0.1, 0.15) is 31.2 Å². The number of nitrogens with two attached hydrogens (primary N) is 1. The number of hydrogen-bond acceptors (Lipinski definition) is 1. The van der Waals surface area contributed by atoms with Crippen molar-refractivity contribution in [3.63, 3.8) is 0 Å². The molecule has 0 aromatic heterocycles. The van der Waals surface area contributed by atoms with E-state index in [4.69, 9.17) is 5.73 Å². The highest BCUT2D eigenvalue weighted by molar-refractivity contribution is 5.19. The molecule has 0 radical (unpaired) electrons. The van der Waals surface area contributed by atoms with Gasteiger partial charge in [0.15, 0.2) is 11.6 Å². The molecular weight excluding hydrogens is 208 g/mol. The highest BCUT2D eigenvalue weighted by atomic mass is 19.2. The summed E-state index contributed by atoms with van der Waals surface area (Å²) in [5, 5.41) is 0. The lowest BCUT2D eigenvalue weighted by atomic mass is 9.81. The van der Waals surface area contributed by atoms with Crippen molar-refractivity contribution in [2.75, 3.05) is 0 Å². The van der Waals surface area contributed by atoms with E-state index in [0.717, 1.165) is 31.7 Å². The van der Waals surface area contributed by atoms with E-state index in [1.165, 1.54) is 0 Å². The molecule has 2 N–H and O–H groups in total. The van der Waals surface area contributed by atoms with E-state index < -0.39 is 11.6 Å².